The Bertz CT molecular complexity index is 1360. The third kappa shape index (κ3) is 4.22. The van der Waals surface area contributed by atoms with Gasteiger partial charge in [-0.15, -0.1) is 4.52 Å². The third-order valence-electron chi connectivity index (χ3n) is 4.31. The Balaban J connectivity index is 1.40. The van der Waals surface area contributed by atoms with E-state index in [1.807, 2.05) is 0 Å². The predicted octanol–water partition coefficient (Wildman–Crippen LogP) is 0.937. The molecule has 3 heterocycles. The summed E-state index contributed by atoms with van der Waals surface area (Å²) in [6.07, 6.45) is 2.72. The number of rotatable bonds is 6. The number of carbonyl (C=O) groups excluding carboxylic acids is 1. The predicted molar refractivity (Wildman–Crippen MR) is 107 cm³/mol. The first-order valence-corrected chi connectivity index (χ1v) is 9.04. The molecule has 0 atom stereocenters. The van der Waals surface area contributed by atoms with E-state index in [1.165, 1.54) is 39.9 Å². The third-order valence-corrected chi connectivity index (χ3v) is 4.31. The minimum atomic E-state index is -0.482. The van der Waals surface area contributed by atoms with Gasteiger partial charge in [0.05, 0.1) is 11.1 Å². The zero-order chi connectivity index (χ0) is 22.0. The maximum absolute atomic E-state index is 12.1. The van der Waals surface area contributed by atoms with Gasteiger partial charge in [-0.2, -0.15) is 5.10 Å². The van der Waals surface area contributed by atoms with E-state index in [4.69, 9.17) is 4.42 Å². The number of hydrogen-bond donors (Lipinski definition) is 2. The summed E-state index contributed by atoms with van der Waals surface area (Å²) >= 11 is 0. The highest BCUT2D eigenvalue weighted by atomic mass is 16.6. The van der Waals surface area contributed by atoms with Crippen molar-refractivity contribution in [1.29, 1.82) is 0 Å². The fourth-order valence-electron chi connectivity index (χ4n) is 2.94. The number of H-pyrrole nitrogens is 1. The summed E-state index contributed by atoms with van der Waals surface area (Å²) in [4.78, 5) is 34.5. The second-order valence-electron chi connectivity index (χ2n) is 6.58. The summed E-state index contributed by atoms with van der Waals surface area (Å²) < 4.78 is 8.31. The Morgan fingerprint density at radius 1 is 1.35 bits per heavy atom. The number of furan rings is 1. The molecule has 4 rings (SSSR count). The quantitative estimate of drug-likeness (QED) is 0.204. The average molecular weight is 422 g/mol. The summed E-state index contributed by atoms with van der Waals surface area (Å²) in [5.41, 5.74) is 3.63. The number of nitro groups is 1. The highest BCUT2D eigenvalue weighted by Gasteiger charge is 2.18. The Labute approximate surface area is 173 Å². The van der Waals surface area contributed by atoms with Crippen LogP contribution in [0.5, 0.6) is 0 Å². The van der Waals surface area contributed by atoms with Crippen LogP contribution in [0.25, 0.3) is 17.0 Å². The number of carbonyl (C=O) groups is 1. The van der Waals surface area contributed by atoms with Gasteiger partial charge in [0.25, 0.3) is 23.4 Å². The highest BCUT2D eigenvalue weighted by Crippen LogP contribution is 2.23. The lowest BCUT2D eigenvalue weighted by Gasteiger charge is -1.97. The molecule has 1 aromatic carbocycles. The van der Waals surface area contributed by atoms with Crippen LogP contribution in [0.2, 0.25) is 0 Å². The molecule has 31 heavy (non-hydrogen) atoms. The van der Waals surface area contributed by atoms with Gasteiger partial charge in [0.1, 0.15) is 11.5 Å². The SMILES string of the molecule is Cc1cc(=O)c2n(CC(=O)NN=Cc3ccc(-c4ccc([N+](=O)[O-])cc4)o3)nc[n+]2[nH]1. The molecule has 0 saturated carbocycles. The van der Waals surface area contributed by atoms with Crippen molar-refractivity contribution in [3.05, 3.63) is 80.6 Å². The molecule has 156 valence electrons. The van der Waals surface area contributed by atoms with E-state index in [2.05, 4.69) is 20.7 Å². The number of aromatic nitrogens is 4. The van der Waals surface area contributed by atoms with Crippen molar-refractivity contribution in [2.24, 2.45) is 5.10 Å². The Morgan fingerprint density at radius 2 is 2.13 bits per heavy atom. The normalized spacial score (nSPS) is 11.3. The molecule has 0 radical (unpaired) electrons. The number of fused-ring (bicyclic) bond motifs is 1. The lowest BCUT2D eigenvalue weighted by atomic mass is 10.1. The van der Waals surface area contributed by atoms with E-state index in [-0.39, 0.29) is 23.3 Å². The van der Waals surface area contributed by atoms with Crippen LogP contribution in [0, 0.1) is 17.0 Å². The van der Waals surface area contributed by atoms with Gasteiger partial charge in [0, 0.05) is 34.6 Å². The first-order valence-electron chi connectivity index (χ1n) is 9.04. The second-order valence-corrected chi connectivity index (χ2v) is 6.58. The molecular formula is C19H16N7O5+. The van der Waals surface area contributed by atoms with Gasteiger partial charge in [-0.05, 0) is 31.2 Å². The maximum atomic E-state index is 12.1. The molecular weight excluding hydrogens is 406 g/mol. The number of benzene rings is 1. The van der Waals surface area contributed by atoms with Crippen LogP contribution in [-0.2, 0) is 11.3 Å². The largest absolute Gasteiger partial charge is 0.455 e. The molecule has 0 aliphatic rings. The van der Waals surface area contributed by atoms with Crippen molar-refractivity contribution in [2.45, 2.75) is 13.5 Å². The second kappa shape index (κ2) is 8.02. The molecule has 0 aliphatic heterocycles. The number of hydrazone groups is 1. The molecule has 0 bridgehead atoms. The van der Waals surface area contributed by atoms with E-state index in [0.717, 1.165) is 0 Å². The standard InChI is InChI=1S/C19H15N7O5/c1-12-8-16(27)19-24(21-11-25(19)23-12)10-18(28)22-20-9-15-6-7-17(31-15)13-2-4-14(5-3-13)26(29)30/h2-9,11H,10H2,1H3,(H-,22,23,27,28)/p+1. The van der Waals surface area contributed by atoms with Crippen molar-refractivity contribution in [3.63, 3.8) is 0 Å². The van der Waals surface area contributed by atoms with Crippen molar-refractivity contribution in [2.75, 3.05) is 0 Å². The number of amides is 1. The van der Waals surface area contributed by atoms with Gasteiger partial charge in [0.2, 0.25) is 0 Å². The number of non-ortho nitro benzene ring substituents is 1. The van der Waals surface area contributed by atoms with Crippen LogP contribution in [0.15, 0.2) is 63.1 Å². The number of nitrogens with zero attached hydrogens (tertiary/aromatic N) is 5. The Kier molecular flexibility index (Phi) is 5.10. The molecule has 0 fully saturated rings. The van der Waals surface area contributed by atoms with Crippen LogP contribution in [0.1, 0.15) is 11.5 Å². The molecule has 12 nitrogen and oxygen atoms in total. The topological polar surface area (TPSA) is 153 Å². The zero-order valence-electron chi connectivity index (χ0n) is 16.2. The molecule has 0 aliphatic carbocycles. The summed E-state index contributed by atoms with van der Waals surface area (Å²) in [5.74, 6) is 0.391. The first kappa shape index (κ1) is 19.7. The molecule has 3 aromatic heterocycles. The van der Waals surface area contributed by atoms with E-state index in [1.54, 1.807) is 31.2 Å². The Hall–Kier alpha value is -4.61. The smallest absolute Gasteiger partial charge is 0.331 e. The van der Waals surface area contributed by atoms with E-state index in [0.29, 0.717) is 22.8 Å². The molecule has 0 saturated heterocycles. The van der Waals surface area contributed by atoms with E-state index < -0.39 is 10.8 Å². The Morgan fingerprint density at radius 3 is 2.87 bits per heavy atom. The lowest BCUT2D eigenvalue weighted by Crippen LogP contribution is -2.33. The van der Waals surface area contributed by atoms with Crippen molar-refractivity contribution >= 4 is 23.5 Å². The van der Waals surface area contributed by atoms with Gasteiger partial charge in [-0.1, -0.05) is 4.68 Å². The van der Waals surface area contributed by atoms with Gasteiger partial charge < -0.3 is 4.42 Å². The number of aryl methyl sites for hydroxylation is 1. The van der Waals surface area contributed by atoms with Crippen molar-refractivity contribution in [3.8, 4) is 11.3 Å². The summed E-state index contributed by atoms with van der Waals surface area (Å²) in [7, 11) is 0. The van der Waals surface area contributed by atoms with Crippen molar-refractivity contribution < 1.29 is 18.7 Å². The fraction of sp³-hybridized carbons (Fsp3) is 0.105. The van der Waals surface area contributed by atoms with Gasteiger partial charge in [-0.25, -0.2) is 10.5 Å². The van der Waals surface area contributed by atoms with Gasteiger partial charge >= 0.3 is 5.65 Å². The minimum absolute atomic E-state index is 0.0136. The minimum Gasteiger partial charge on any atom is -0.455 e. The maximum Gasteiger partial charge on any atom is 0.331 e. The van der Waals surface area contributed by atoms with Crippen molar-refractivity contribution in [1.82, 2.24) is 20.3 Å². The van der Waals surface area contributed by atoms with Crippen LogP contribution in [0.4, 0.5) is 5.69 Å². The number of nitro benzene ring substituents is 1. The van der Waals surface area contributed by atoms with E-state index >= 15 is 0 Å². The fourth-order valence-corrected chi connectivity index (χ4v) is 2.94. The molecule has 1 amide bonds. The van der Waals surface area contributed by atoms with Crippen LogP contribution in [-0.4, -0.2) is 31.9 Å². The highest BCUT2D eigenvalue weighted by molar-refractivity contribution is 5.81. The average Bonchev–Trinajstić information content (AvgIpc) is 3.35. The zero-order valence-corrected chi connectivity index (χ0v) is 16.2. The molecule has 0 unspecified atom stereocenters. The summed E-state index contributed by atoms with van der Waals surface area (Å²) in [6, 6.07) is 10.7. The van der Waals surface area contributed by atoms with E-state index in [9.17, 15) is 19.7 Å². The molecule has 0 spiro atoms. The van der Waals surface area contributed by atoms with Crippen LogP contribution >= 0.6 is 0 Å². The number of hydrogen-bond acceptors (Lipinski definition) is 7. The first-order chi connectivity index (χ1) is 14.9. The molecule has 12 heteroatoms. The van der Waals surface area contributed by atoms with Gasteiger partial charge in [0.15, 0.2) is 6.54 Å². The monoisotopic (exact) mass is 422 g/mol. The van der Waals surface area contributed by atoms with Crippen LogP contribution < -0.4 is 15.4 Å². The van der Waals surface area contributed by atoms with Gasteiger partial charge in [-0.3, -0.25) is 19.7 Å². The lowest BCUT2D eigenvalue weighted by molar-refractivity contribution is -0.582. The summed E-state index contributed by atoms with van der Waals surface area (Å²) in [5, 5.41) is 21.5. The van der Waals surface area contributed by atoms with Crippen LogP contribution in [0.3, 0.4) is 0 Å². The number of nitrogens with one attached hydrogen (secondary N) is 2. The molecule has 2 N–H and O–H groups in total. The number of aromatic amines is 1. The molecule has 4 aromatic rings. The summed E-state index contributed by atoms with van der Waals surface area (Å²) in [6.45, 7) is 1.54.